The zero-order valence-electron chi connectivity index (χ0n) is 8.36. The molecule has 0 unspecified atom stereocenters. The average Bonchev–Trinajstić information content (AvgIpc) is 2.71. The molecule has 2 aromatic rings. The number of benzene rings is 1. The fourth-order valence-corrected chi connectivity index (χ4v) is 1.38. The molecule has 1 aromatic heterocycles. The Balaban J connectivity index is 2.31. The van der Waals surface area contributed by atoms with Gasteiger partial charge in [0.25, 0.3) is 0 Å². The predicted molar refractivity (Wildman–Crippen MR) is 55.9 cm³/mol. The van der Waals surface area contributed by atoms with Crippen LogP contribution < -0.4 is 0 Å². The maximum atomic E-state index is 3.96. The van der Waals surface area contributed by atoms with Gasteiger partial charge in [0, 0.05) is 11.8 Å². The van der Waals surface area contributed by atoms with E-state index in [0.29, 0.717) is 5.92 Å². The molecule has 0 aliphatic carbocycles. The van der Waals surface area contributed by atoms with Crippen molar-refractivity contribution >= 4 is 0 Å². The molecular weight excluding hydrogens is 174 g/mol. The van der Waals surface area contributed by atoms with Gasteiger partial charge < -0.3 is 0 Å². The molecule has 0 saturated heterocycles. The van der Waals surface area contributed by atoms with Crippen molar-refractivity contribution in [2.24, 2.45) is 0 Å². The van der Waals surface area contributed by atoms with E-state index in [1.807, 2.05) is 0 Å². The van der Waals surface area contributed by atoms with Crippen LogP contribution in [-0.2, 0) is 0 Å². The highest BCUT2D eigenvalue weighted by Crippen LogP contribution is 2.19. The zero-order chi connectivity index (χ0) is 9.97. The van der Waals surface area contributed by atoms with Crippen LogP contribution in [0, 0.1) is 0 Å². The van der Waals surface area contributed by atoms with Crippen LogP contribution in [0.5, 0.6) is 0 Å². The Morgan fingerprint density at radius 3 is 2.36 bits per heavy atom. The highest BCUT2D eigenvalue weighted by Gasteiger charge is 2.02. The smallest absolute Gasteiger partial charge is 0.112 e. The summed E-state index contributed by atoms with van der Waals surface area (Å²) in [6, 6.07) is 8.42. The second kappa shape index (κ2) is 3.62. The van der Waals surface area contributed by atoms with Crippen molar-refractivity contribution in [1.29, 1.82) is 0 Å². The van der Waals surface area contributed by atoms with Crippen molar-refractivity contribution in [2.45, 2.75) is 19.8 Å². The van der Waals surface area contributed by atoms with Gasteiger partial charge in [-0.05, 0) is 11.5 Å². The van der Waals surface area contributed by atoms with Crippen LogP contribution in [0.3, 0.4) is 0 Å². The van der Waals surface area contributed by atoms with Crippen LogP contribution in [-0.4, -0.2) is 15.4 Å². The van der Waals surface area contributed by atoms with Gasteiger partial charge in [0.05, 0.1) is 0 Å². The Labute approximate surface area is 83.2 Å². The van der Waals surface area contributed by atoms with Crippen LogP contribution >= 0.6 is 0 Å². The Kier molecular flexibility index (Phi) is 2.31. The molecule has 0 saturated carbocycles. The van der Waals surface area contributed by atoms with Crippen molar-refractivity contribution in [3.05, 3.63) is 36.0 Å². The number of nitrogens with one attached hydrogen (secondary N) is 1. The summed E-state index contributed by atoms with van der Waals surface area (Å²) < 4.78 is 0. The minimum Gasteiger partial charge on any atom is -0.265 e. The third-order valence-corrected chi connectivity index (χ3v) is 2.29. The second-order valence-corrected chi connectivity index (χ2v) is 3.64. The topological polar surface area (TPSA) is 41.6 Å². The summed E-state index contributed by atoms with van der Waals surface area (Å²) in [6.07, 6.45) is 1.80. The molecule has 1 heterocycles. The molecule has 0 amide bonds. The monoisotopic (exact) mass is 187 g/mol. The van der Waals surface area contributed by atoms with E-state index in [0.717, 1.165) is 11.3 Å². The Bertz CT molecular complexity index is 387. The highest BCUT2D eigenvalue weighted by molar-refractivity contribution is 5.57. The maximum Gasteiger partial charge on any atom is 0.112 e. The molecule has 72 valence electrons. The van der Waals surface area contributed by atoms with Crippen molar-refractivity contribution < 1.29 is 0 Å². The van der Waals surface area contributed by atoms with Crippen LogP contribution in [0.4, 0.5) is 0 Å². The molecule has 0 bridgehead atoms. The van der Waals surface area contributed by atoms with Gasteiger partial charge in [-0.2, -0.15) is 0 Å². The number of H-pyrrole nitrogens is 1. The van der Waals surface area contributed by atoms with Crippen LogP contribution in [0.1, 0.15) is 25.3 Å². The van der Waals surface area contributed by atoms with Gasteiger partial charge >= 0.3 is 0 Å². The first-order valence-corrected chi connectivity index (χ1v) is 4.74. The number of nitrogens with zero attached hydrogens (tertiary/aromatic N) is 2. The van der Waals surface area contributed by atoms with Crippen LogP contribution in [0.25, 0.3) is 11.3 Å². The van der Waals surface area contributed by atoms with E-state index in [1.54, 1.807) is 6.20 Å². The molecule has 0 aliphatic rings. The number of rotatable bonds is 2. The summed E-state index contributed by atoms with van der Waals surface area (Å²) in [4.78, 5) is 0. The summed E-state index contributed by atoms with van der Waals surface area (Å²) in [5, 5.41) is 10.3. The van der Waals surface area contributed by atoms with E-state index >= 15 is 0 Å². The molecule has 14 heavy (non-hydrogen) atoms. The van der Waals surface area contributed by atoms with Gasteiger partial charge in [-0.1, -0.05) is 43.3 Å². The summed E-state index contributed by atoms with van der Waals surface area (Å²) in [5.41, 5.74) is 3.33. The third kappa shape index (κ3) is 1.66. The first-order valence-electron chi connectivity index (χ1n) is 4.74. The standard InChI is InChI=1S/C11H13N3/c1-8(2)9-3-5-10(6-4-9)11-7-12-14-13-11/h3-8H,1-2H3,(H,12,13,14). The van der Waals surface area contributed by atoms with Crippen molar-refractivity contribution in [2.75, 3.05) is 0 Å². The quantitative estimate of drug-likeness (QED) is 0.785. The number of hydrogen-bond donors (Lipinski definition) is 1. The van der Waals surface area contributed by atoms with E-state index in [9.17, 15) is 0 Å². The molecule has 0 aliphatic heterocycles. The first kappa shape index (κ1) is 8.94. The number of aromatic amines is 1. The zero-order valence-corrected chi connectivity index (χ0v) is 8.36. The molecule has 1 aromatic carbocycles. The van der Waals surface area contributed by atoms with Gasteiger partial charge in [-0.15, -0.1) is 5.10 Å². The minimum absolute atomic E-state index is 0.571. The molecule has 0 fully saturated rings. The highest BCUT2D eigenvalue weighted by atomic mass is 15.3. The lowest BCUT2D eigenvalue weighted by atomic mass is 10.0. The molecule has 0 atom stereocenters. The largest absolute Gasteiger partial charge is 0.265 e. The van der Waals surface area contributed by atoms with Crippen LogP contribution in [0.2, 0.25) is 0 Å². The number of aromatic nitrogens is 3. The fourth-order valence-electron chi connectivity index (χ4n) is 1.38. The molecule has 1 N–H and O–H groups in total. The van der Waals surface area contributed by atoms with E-state index in [1.165, 1.54) is 5.56 Å². The van der Waals surface area contributed by atoms with Gasteiger partial charge in [-0.3, -0.25) is 5.10 Å². The lowest BCUT2D eigenvalue weighted by molar-refractivity contribution is 0.867. The lowest BCUT2D eigenvalue weighted by Crippen LogP contribution is -1.86. The molecule has 3 heteroatoms. The molecular formula is C11H13N3. The first-order chi connectivity index (χ1) is 6.77. The van der Waals surface area contributed by atoms with E-state index in [4.69, 9.17) is 0 Å². The lowest BCUT2D eigenvalue weighted by Gasteiger charge is -2.04. The van der Waals surface area contributed by atoms with Gasteiger partial charge in [0.15, 0.2) is 0 Å². The summed E-state index contributed by atoms with van der Waals surface area (Å²) in [5.74, 6) is 0.571. The SMILES string of the molecule is CC(C)c1ccc(-c2c[nH]nn2)cc1. The molecule has 3 nitrogen and oxygen atoms in total. The Hall–Kier alpha value is -1.64. The predicted octanol–water partition coefficient (Wildman–Crippen LogP) is 2.60. The van der Waals surface area contributed by atoms with E-state index in [-0.39, 0.29) is 0 Å². The fraction of sp³-hybridized carbons (Fsp3) is 0.273. The van der Waals surface area contributed by atoms with E-state index in [2.05, 4.69) is 53.5 Å². The molecule has 0 spiro atoms. The van der Waals surface area contributed by atoms with E-state index < -0.39 is 0 Å². The average molecular weight is 187 g/mol. The Morgan fingerprint density at radius 2 is 1.86 bits per heavy atom. The normalized spacial score (nSPS) is 10.8. The summed E-state index contributed by atoms with van der Waals surface area (Å²) >= 11 is 0. The van der Waals surface area contributed by atoms with Crippen LogP contribution in [0.15, 0.2) is 30.5 Å². The Morgan fingerprint density at radius 1 is 1.14 bits per heavy atom. The third-order valence-electron chi connectivity index (χ3n) is 2.29. The summed E-state index contributed by atoms with van der Waals surface area (Å²) in [7, 11) is 0. The minimum atomic E-state index is 0.571. The van der Waals surface area contributed by atoms with Gasteiger partial charge in [-0.25, -0.2) is 0 Å². The van der Waals surface area contributed by atoms with Crippen molar-refractivity contribution in [1.82, 2.24) is 15.4 Å². The van der Waals surface area contributed by atoms with Crippen molar-refractivity contribution in [3.8, 4) is 11.3 Å². The van der Waals surface area contributed by atoms with Gasteiger partial charge in [0.2, 0.25) is 0 Å². The van der Waals surface area contributed by atoms with Gasteiger partial charge in [0.1, 0.15) is 5.69 Å². The number of hydrogen-bond acceptors (Lipinski definition) is 2. The molecule has 2 rings (SSSR count). The molecule has 0 radical (unpaired) electrons. The van der Waals surface area contributed by atoms with Crippen molar-refractivity contribution in [3.63, 3.8) is 0 Å². The summed E-state index contributed by atoms with van der Waals surface area (Å²) in [6.45, 7) is 4.37. The second-order valence-electron chi connectivity index (χ2n) is 3.64. The maximum absolute atomic E-state index is 3.96.